The van der Waals surface area contributed by atoms with Crippen molar-refractivity contribution in [3.8, 4) is 11.1 Å². The van der Waals surface area contributed by atoms with Gasteiger partial charge in [0.1, 0.15) is 0 Å². The fourth-order valence-corrected chi connectivity index (χ4v) is 7.04. The highest BCUT2D eigenvalue weighted by Crippen LogP contribution is 2.43. The Morgan fingerprint density at radius 3 is 2.11 bits per heavy atom. The molecule has 7 rings (SSSR count). The molecule has 0 radical (unpaired) electrons. The standard InChI is InChI=1S/C38H33N3O5S/c1-24-33(23-47-38-39-18-5-19-40-38)45-37(46-34(24)28-12-10-25(22-42)11-13-28)29-16-14-27(15-17-29)30-7-4-6-26(20-30)21-41-35(43)31-8-2-3-9-32(31)36(41)44/h2-20,24,33-34,37,42H,21-23H2,1H3/t24-,33+,34+,37+/m1/s1. The minimum absolute atomic E-state index is 0.0124. The highest BCUT2D eigenvalue weighted by atomic mass is 32.2. The van der Waals surface area contributed by atoms with Gasteiger partial charge < -0.3 is 14.6 Å². The Hall–Kier alpha value is -4.67. The zero-order chi connectivity index (χ0) is 32.3. The molecule has 1 fully saturated rings. The Labute approximate surface area is 277 Å². The van der Waals surface area contributed by atoms with Crippen molar-refractivity contribution in [2.45, 2.75) is 43.7 Å². The predicted octanol–water partition coefficient (Wildman–Crippen LogP) is 7.02. The number of amides is 2. The Balaban J connectivity index is 1.10. The van der Waals surface area contributed by atoms with E-state index in [4.69, 9.17) is 9.47 Å². The normalized spacial score (nSPS) is 20.8. The van der Waals surface area contributed by atoms with Crippen molar-refractivity contribution in [2.24, 2.45) is 5.92 Å². The van der Waals surface area contributed by atoms with Gasteiger partial charge in [-0.15, -0.1) is 0 Å². The van der Waals surface area contributed by atoms with E-state index in [0.29, 0.717) is 22.0 Å². The molecule has 0 unspecified atom stereocenters. The van der Waals surface area contributed by atoms with E-state index in [1.165, 1.54) is 4.90 Å². The Kier molecular flexibility index (Phi) is 8.95. The lowest BCUT2D eigenvalue weighted by molar-refractivity contribution is -0.268. The molecule has 0 saturated carbocycles. The van der Waals surface area contributed by atoms with Gasteiger partial charge in [-0.3, -0.25) is 14.5 Å². The number of aliphatic hydroxyl groups excluding tert-OH is 1. The van der Waals surface area contributed by atoms with Crippen LogP contribution in [0.4, 0.5) is 0 Å². The molecule has 1 aromatic heterocycles. The molecule has 8 nitrogen and oxygen atoms in total. The largest absolute Gasteiger partial charge is 0.392 e. The first-order valence-electron chi connectivity index (χ1n) is 15.5. The number of aromatic nitrogens is 2. The maximum absolute atomic E-state index is 12.9. The van der Waals surface area contributed by atoms with Gasteiger partial charge in [-0.05, 0) is 52.1 Å². The van der Waals surface area contributed by atoms with E-state index in [-0.39, 0.29) is 43.1 Å². The van der Waals surface area contributed by atoms with E-state index in [1.807, 2.05) is 72.8 Å². The van der Waals surface area contributed by atoms with Crippen LogP contribution >= 0.6 is 11.8 Å². The van der Waals surface area contributed by atoms with E-state index in [0.717, 1.165) is 33.4 Å². The topological polar surface area (TPSA) is 102 Å². The maximum atomic E-state index is 12.9. The molecular formula is C38H33N3O5S. The minimum Gasteiger partial charge on any atom is -0.392 e. The second-order valence-corrected chi connectivity index (χ2v) is 12.7. The first kappa shape index (κ1) is 31.0. The van der Waals surface area contributed by atoms with Gasteiger partial charge in [-0.25, -0.2) is 9.97 Å². The molecular weight excluding hydrogens is 611 g/mol. The molecule has 2 amide bonds. The zero-order valence-corrected chi connectivity index (χ0v) is 26.5. The molecule has 0 aliphatic carbocycles. The van der Waals surface area contributed by atoms with E-state index < -0.39 is 6.29 Å². The molecule has 2 aliphatic rings. The van der Waals surface area contributed by atoms with Crippen molar-refractivity contribution in [1.82, 2.24) is 14.9 Å². The molecule has 47 heavy (non-hydrogen) atoms. The summed E-state index contributed by atoms with van der Waals surface area (Å²) in [5, 5.41) is 10.2. The van der Waals surface area contributed by atoms with Gasteiger partial charge >= 0.3 is 0 Å². The second-order valence-electron chi connectivity index (χ2n) is 11.7. The Bertz CT molecular complexity index is 1850. The lowest BCUT2D eigenvalue weighted by atomic mass is 9.91. The van der Waals surface area contributed by atoms with Crippen LogP contribution in [0.25, 0.3) is 11.1 Å². The summed E-state index contributed by atoms with van der Waals surface area (Å²) in [6.45, 7) is 2.33. The monoisotopic (exact) mass is 643 g/mol. The molecule has 1 N–H and O–H groups in total. The van der Waals surface area contributed by atoms with Gasteiger partial charge in [-0.1, -0.05) is 97.5 Å². The fourth-order valence-electron chi connectivity index (χ4n) is 6.07. The SMILES string of the molecule is C[C@@H]1[C@H](CSc2ncccn2)O[C@H](c2ccc(-c3cccc(CN4C(=O)c5ccccc5C4=O)c3)cc2)O[C@@H]1c1ccc(CO)cc1. The van der Waals surface area contributed by atoms with Crippen LogP contribution in [0.5, 0.6) is 0 Å². The minimum atomic E-state index is -0.592. The summed E-state index contributed by atoms with van der Waals surface area (Å²) in [7, 11) is 0. The number of hydrogen-bond donors (Lipinski definition) is 1. The summed E-state index contributed by atoms with van der Waals surface area (Å²) in [5.41, 5.74) is 6.50. The van der Waals surface area contributed by atoms with Crippen LogP contribution in [-0.2, 0) is 22.6 Å². The number of imide groups is 1. The number of nitrogens with zero attached hydrogens (tertiary/aromatic N) is 3. The first-order chi connectivity index (χ1) is 23.0. The van der Waals surface area contributed by atoms with Gasteiger partial charge in [-0.2, -0.15) is 0 Å². The van der Waals surface area contributed by atoms with Crippen LogP contribution < -0.4 is 0 Å². The molecule has 3 heterocycles. The summed E-state index contributed by atoms with van der Waals surface area (Å²) in [6, 6.07) is 32.6. The second kappa shape index (κ2) is 13.6. The van der Waals surface area contributed by atoms with Crippen LogP contribution in [0.2, 0.25) is 0 Å². The van der Waals surface area contributed by atoms with Crippen molar-refractivity contribution in [1.29, 1.82) is 0 Å². The Morgan fingerprint density at radius 1 is 0.745 bits per heavy atom. The molecule has 9 heteroatoms. The number of aliphatic hydroxyl groups is 1. The number of carbonyl (C=O) groups excluding carboxylic acids is 2. The molecule has 5 aromatic rings. The molecule has 2 aliphatic heterocycles. The number of fused-ring (bicyclic) bond motifs is 1. The summed E-state index contributed by atoms with van der Waals surface area (Å²) in [6.07, 6.45) is 2.52. The van der Waals surface area contributed by atoms with Crippen LogP contribution in [0.1, 0.15) is 62.3 Å². The average molecular weight is 644 g/mol. The number of carbonyl (C=O) groups is 2. The van der Waals surface area contributed by atoms with Crippen molar-refractivity contribution in [3.63, 3.8) is 0 Å². The number of rotatable bonds is 9. The molecule has 4 atom stereocenters. The first-order valence-corrected chi connectivity index (χ1v) is 16.5. The molecule has 236 valence electrons. The average Bonchev–Trinajstić information content (AvgIpc) is 3.36. The third-order valence-corrected chi connectivity index (χ3v) is 9.67. The molecule has 4 aromatic carbocycles. The lowest BCUT2D eigenvalue weighted by Gasteiger charge is -2.41. The van der Waals surface area contributed by atoms with Gasteiger partial charge in [0, 0.05) is 29.6 Å². The van der Waals surface area contributed by atoms with E-state index in [1.54, 1.807) is 54.5 Å². The fraction of sp³-hybridized carbons (Fsp3) is 0.211. The third-order valence-electron chi connectivity index (χ3n) is 8.70. The third kappa shape index (κ3) is 6.48. The number of hydrogen-bond acceptors (Lipinski definition) is 8. The van der Waals surface area contributed by atoms with E-state index in [2.05, 4.69) is 16.9 Å². The molecule has 1 saturated heterocycles. The van der Waals surface area contributed by atoms with Crippen molar-refractivity contribution < 1.29 is 24.2 Å². The van der Waals surface area contributed by atoms with Crippen LogP contribution in [0.3, 0.4) is 0 Å². The van der Waals surface area contributed by atoms with Crippen LogP contribution in [0.15, 0.2) is 121 Å². The van der Waals surface area contributed by atoms with E-state index in [9.17, 15) is 14.7 Å². The highest BCUT2D eigenvalue weighted by molar-refractivity contribution is 7.99. The number of ether oxygens (including phenoxy) is 2. The lowest BCUT2D eigenvalue weighted by Crippen LogP contribution is -2.38. The van der Waals surface area contributed by atoms with Crippen LogP contribution in [0, 0.1) is 5.92 Å². The smallest absolute Gasteiger partial charge is 0.261 e. The summed E-state index contributed by atoms with van der Waals surface area (Å²) in [4.78, 5) is 35.9. The summed E-state index contributed by atoms with van der Waals surface area (Å²) in [5.74, 6) is 0.177. The van der Waals surface area contributed by atoms with Crippen molar-refractivity contribution in [3.05, 3.63) is 149 Å². The zero-order valence-electron chi connectivity index (χ0n) is 25.7. The summed E-state index contributed by atoms with van der Waals surface area (Å²) >= 11 is 1.56. The maximum Gasteiger partial charge on any atom is 0.261 e. The number of benzene rings is 4. The van der Waals surface area contributed by atoms with Crippen molar-refractivity contribution >= 4 is 23.6 Å². The molecule has 0 bridgehead atoms. The van der Waals surface area contributed by atoms with Crippen molar-refractivity contribution in [2.75, 3.05) is 5.75 Å². The highest BCUT2D eigenvalue weighted by Gasteiger charge is 2.39. The van der Waals surface area contributed by atoms with Gasteiger partial charge in [0.25, 0.3) is 11.8 Å². The van der Waals surface area contributed by atoms with E-state index >= 15 is 0 Å². The quantitative estimate of drug-likeness (QED) is 0.104. The number of thioether (sulfide) groups is 1. The predicted molar refractivity (Wildman–Crippen MR) is 178 cm³/mol. The van der Waals surface area contributed by atoms with Gasteiger partial charge in [0.05, 0.1) is 36.5 Å². The molecule has 0 spiro atoms. The van der Waals surface area contributed by atoms with Gasteiger partial charge in [0.2, 0.25) is 0 Å². The van der Waals surface area contributed by atoms with Gasteiger partial charge in [0.15, 0.2) is 11.4 Å². The summed E-state index contributed by atoms with van der Waals surface area (Å²) < 4.78 is 13.2. The van der Waals surface area contributed by atoms with Crippen LogP contribution in [-0.4, -0.2) is 43.6 Å². The Morgan fingerprint density at radius 2 is 1.43 bits per heavy atom.